The molecule has 3 nitrogen and oxygen atoms in total. The summed E-state index contributed by atoms with van der Waals surface area (Å²) in [4.78, 5) is 0. The van der Waals surface area contributed by atoms with Crippen molar-refractivity contribution in [3.63, 3.8) is 0 Å². The first-order chi connectivity index (χ1) is 5.35. The summed E-state index contributed by atoms with van der Waals surface area (Å²) in [6.45, 7) is 1.96. The lowest BCUT2D eigenvalue weighted by molar-refractivity contribution is 0.268. The molecule has 0 spiro atoms. The highest BCUT2D eigenvalue weighted by atomic mass is 16.5. The average Bonchev–Trinajstić information content (AvgIpc) is 2.10. The number of rotatable bonds is 3. The molecule has 0 aliphatic carbocycles. The standard InChI is InChI=1S/C7H13NO.CH5N/c1-4-5-6-7(8-2)9-3;1-2/h4-6,8H,1-3H3;2H2,1H3/b5-4-,7-6+;. The van der Waals surface area contributed by atoms with Crippen LogP contribution in [0.15, 0.2) is 24.1 Å². The Morgan fingerprint density at radius 1 is 1.45 bits per heavy atom. The zero-order valence-electron chi connectivity index (χ0n) is 7.72. The van der Waals surface area contributed by atoms with E-state index in [1.807, 2.05) is 32.2 Å². The van der Waals surface area contributed by atoms with Gasteiger partial charge in [0.1, 0.15) is 0 Å². The van der Waals surface area contributed by atoms with Crippen LogP contribution in [0.1, 0.15) is 6.92 Å². The molecule has 0 amide bonds. The van der Waals surface area contributed by atoms with Crippen molar-refractivity contribution in [2.75, 3.05) is 21.2 Å². The number of hydrogen-bond acceptors (Lipinski definition) is 3. The molecular weight excluding hydrogens is 140 g/mol. The topological polar surface area (TPSA) is 47.3 Å². The minimum absolute atomic E-state index is 0.771. The molecule has 0 aliphatic heterocycles. The summed E-state index contributed by atoms with van der Waals surface area (Å²) in [6, 6.07) is 0. The lowest BCUT2D eigenvalue weighted by Gasteiger charge is -2.01. The molecule has 11 heavy (non-hydrogen) atoms. The molecule has 0 aromatic carbocycles. The molecule has 66 valence electrons. The third-order valence-electron chi connectivity index (χ3n) is 0.906. The molecule has 0 unspecified atom stereocenters. The summed E-state index contributed by atoms with van der Waals surface area (Å²) in [5, 5.41) is 2.87. The molecule has 0 bridgehead atoms. The molecule has 0 saturated carbocycles. The highest BCUT2D eigenvalue weighted by molar-refractivity contribution is 5.04. The second kappa shape index (κ2) is 11.8. The van der Waals surface area contributed by atoms with Gasteiger partial charge in [-0.25, -0.2) is 0 Å². The number of methoxy groups -OCH3 is 1. The predicted molar refractivity (Wildman–Crippen MR) is 49.1 cm³/mol. The van der Waals surface area contributed by atoms with Crippen LogP contribution in [0.5, 0.6) is 0 Å². The molecule has 0 heterocycles. The fourth-order valence-electron chi connectivity index (χ4n) is 0.437. The van der Waals surface area contributed by atoms with E-state index in [-0.39, 0.29) is 0 Å². The molecule has 3 heteroatoms. The first-order valence-electron chi connectivity index (χ1n) is 3.47. The van der Waals surface area contributed by atoms with Crippen molar-refractivity contribution >= 4 is 0 Å². The van der Waals surface area contributed by atoms with Gasteiger partial charge in [-0.1, -0.05) is 12.2 Å². The van der Waals surface area contributed by atoms with Gasteiger partial charge in [0.2, 0.25) is 0 Å². The van der Waals surface area contributed by atoms with E-state index in [2.05, 4.69) is 11.1 Å². The predicted octanol–water partition coefficient (Wildman–Crippen LogP) is 0.845. The molecule has 0 aromatic rings. The molecule has 0 aromatic heterocycles. The summed E-state index contributed by atoms with van der Waals surface area (Å²) in [6.07, 6.45) is 5.71. The van der Waals surface area contributed by atoms with Crippen LogP contribution in [-0.4, -0.2) is 21.2 Å². The monoisotopic (exact) mass is 158 g/mol. The molecule has 0 radical (unpaired) electrons. The highest BCUT2D eigenvalue weighted by Crippen LogP contribution is 1.87. The van der Waals surface area contributed by atoms with Crippen LogP contribution in [0.25, 0.3) is 0 Å². The van der Waals surface area contributed by atoms with Crippen molar-refractivity contribution in [2.45, 2.75) is 6.92 Å². The maximum absolute atomic E-state index is 4.90. The molecular formula is C8H18N2O. The lowest BCUT2D eigenvalue weighted by Crippen LogP contribution is -2.06. The van der Waals surface area contributed by atoms with Gasteiger partial charge in [-0.2, -0.15) is 0 Å². The summed E-state index contributed by atoms with van der Waals surface area (Å²) >= 11 is 0. The summed E-state index contributed by atoms with van der Waals surface area (Å²) in [7, 11) is 4.95. The normalized spacial score (nSPS) is 10.5. The van der Waals surface area contributed by atoms with Crippen molar-refractivity contribution in [1.82, 2.24) is 5.32 Å². The van der Waals surface area contributed by atoms with E-state index in [0.29, 0.717) is 0 Å². The van der Waals surface area contributed by atoms with E-state index in [9.17, 15) is 0 Å². The number of hydrogen-bond donors (Lipinski definition) is 2. The smallest absolute Gasteiger partial charge is 0.186 e. The van der Waals surface area contributed by atoms with Crippen LogP contribution in [0, 0.1) is 0 Å². The number of nitrogens with two attached hydrogens (primary N) is 1. The Hall–Kier alpha value is -0.960. The summed E-state index contributed by atoms with van der Waals surface area (Å²) in [5.41, 5.74) is 4.50. The zero-order valence-corrected chi connectivity index (χ0v) is 7.72. The van der Waals surface area contributed by atoms with Crippen molar-refractivity contribution in [2.24, 2.45) is 5.73 Å². The summed E-state index contributed by atoms with van der Waals surface area (Å²) in [5.74, 6) is 0.771. The Labute approximate surface area is 68.9 Å². The lowest BCUT2D eigenvalue weighted by atomic mass is 10.5. The molecule has 0 rings (SSSR count). The zero-order chi connectivity index (χ0) is 9.11. The van der Waals surface area contributed by atoms with E-state index in [1.54, 1.807) is 7.11 Å². The van der Waals surface area contributed by atoms with Gasteiger partial charge in [0.05, 0.1) is 7.11 Å². The van der Waals surface area contributed by atoms with Gasteiger partial charge in [0, 0.05) is 7.05 Å². The number of nitrogens with one attached hydrogen (secondary N) is 1. The first kappa shape index (κ1) is 12.7. The van der Waals surface area contributed by atoms with Crippen LogP contribution in [-0.2, 0) is 4.74 Å². The number of ether oxygens (including phenoxy) is 1. The second-order valence-corrected chi connectivity index (χ2v) is 1.51. The minimum Gasteiger partial charge on any atom is -0.483 e. The van der Waals surface area contributed by atoms with E-state index < -0.39 is 0 Å². The SMILES string of the molecule is C/C=C\C=C(/NC)OC.CN. The Balaban J connectivity index is 0. The largest absolute Gasteiger partial charge is 0.483 e. The Morgan fingerprint density at radius 2 is 2.00 bits per heavy atom. The van der Waals surface area contributed by atoms with Crippen molar-refractivity contribution in [3.05, 3.63) is 24.1 Å². The van der Waals surface area contributed by atoms with E-state index in [0.717, 1.165) is 5.88 Å². The third-order valence-corrected chi connectivity index (χ3v) is 0.906. The first-order valence-corrected chi connectivity index (χ1v) is 3.47. The quantitative estimate of drug-likeness (QED) is 0.473. The van der Waals surface area contributed by atoms with Crippen LogP contribution in [0.2, 0.25) is 0 Å². The van der Waals surface area contributed by atoms with Crippen molar-refractivity contribution in [1.29, 1.82) is 0 Å². The molecule has 0 saturated heterocycles. The van der Waals surface area contributed by atoms with E-state index in [1.165, 1.54) is 7.05 Å². The Morgan fingerprint density at radius 3 is 2.27 bits per heavy atom. The van der Waals surface area contributed by atoms with Crippen molar-refractivity contribution < 1.29 is 4.74 Å². The van der Waals surface area contributed by atoms with Crippen LogP contribution >= 0.6 is 0 Å². The van der Waals surface area contributed by atoms with Gasteiger partial charge < -0.3 is 15.8 Å². The van der Waals surface area contributed by atoms with Gasteiger partial charge in [0.15, 0.2) is 5.88 Å². The average molecular weight is 158 g/mol. The second-order valence-electron chi connectivity index (χ2n) is 1.51. The maximum atomic E-state index is 4.90. The van der Waals surface area contributed by atoms with Crippen LogP contribution in [0.3, 0.4) is 0 Å². The molecule has 0 atom stereocenters. The van der Waals surface area contributed by atoms with E-state index >= 15 is 0 Å². The van der Waals surface area contributed by atoms with Gasteiger partial charge in [-0.15, -0.1) is 0 Å². The Kier molecular flexibility index (Phi) is 13.6. The van der Waals surface area contributed by atoms with Gasteiger partial charge in [-0.05, 0) is 20.0 Å². The summed E-state index contributed by atoms with van der Waals surface area (Å²) < 4.78 is 4.90. The third kappa shape index (κ3) is 9.04. The van der Waals surface area contributed by atoms with E-state index in [4.69, 9.17) is 4.74 Å². The number of allylic oxidation sites excluding steroid dienone is 3. The van der Waals surface area contributed by atoms with Crippen molar-refractivity contribution in [3.8, 4) is 0 Å². The van der Waals surface area contributed by atoms with Gasteiger partial charge in [0.25, 0.3) is 0 Å². The fourth-order valence-corrected chi connectivity index (χ4v) is 0.437. The van der Waals surface area contributed by atoms with Gasteiger partial charge in [-0.3, -0.25) is 0 Å². The van der Waals surface area contributed by atoms with Crippen LogP contribution < -0.4 is 11.1 Å². The molecule has 3 N–H and O–H groups in total. The molecule has 0 aliphatic rings. The van der Waals surface area contributed by atoms with Gasteiger partial charge >= 0.3 is 0 Å². The Bertz CT molecular complexity index is 113. The maximum Gasteiger partial charge on any atom is 0.186 e. The highest BCUT2D eigenvalue weighted by Gasteiger charge is 1.82. The molecule has 0 fully saturated rings. The van der Waals surface area contributed by atoms with Crippen LogP contribution in [0.4, 0.5) is 0 Å². The minimum atomic E-state index is 0.771. The fraction of sp³-hybridized carbons (Fsp3) is 0.500.